The second-order valence-corrected chi connectivity index (χ2v) is 6.27. The van der Waals surface area contributed by atoms with Crippen LogP contribution in [-0.4, -0.2) is 9.38 Å². The Morgan fingerprint density at radius 3 is 2.25 bits per heavy atom. The minimum absolute atomic E-state index is 1.13. The van der Waals surface area contributed by atoms with Crippen LogP contribution in [0, 0.1) is 6.92 Å². The molecule has 2 aromatic heterocycles. The Morgan fingerprint density at radius 2 is 1.50 bits per heavy atom. The van der Waals surface area contributed by atoms with Crippen LogP contribution in [0.2, 0.25) is 0 Å². The van der Waals surface area contributed by atoms with Crippen LogP contribution in [0.25, 0.3) is 5.65 Å². The van der Waals surface area contributed by atoms with Gasteiger partial charge in [0.1, 0.15) is 5.65 Å². The van der Waals surface area contributed by atoms with E-state index in [-0.39, 0.29) is 0 Å². The van der Waals surface area contributed by atoms with Crippen LogP contribution in [0.5, 0.6) is 0 Å². The predicted octanol–water partition coefficient (Wildman–Crippen LogP) is 4.86. The van der Waals surface area contributed by atoms with Gasteiger partial charge in [0.05, 0.1) is 5.69 Å². The minimum Gasteiger partial charge on any atom is -0.304 e. The number of hydrogen-bond acceptors (Lipinski definition) is 1. The zero-order valence-corrected chi connectivity index (χ0v) is 12.7. The van der Waals surface area contributed by atoms with Crippen molar-refractivity contribution in [3.8, 4) is 0 Å². The highest BCUT2D eigenvalue weighted by atomic mass is 15.0. The van der Waals surface area contributed by atoms with Crippen molar-refractivity contribution in [2.75, 3.05) is 0 Å². The molecule has 0 saturated carbocycles. The fourth-order valence-electron chi connectivity index (χ4n) is 3.36. The highest BCUT2D eigenvalue weighted by Gasteiger charge is 2.12. The number of aromatic nitrogens is 2. The topological polar surface area (TPSA) is 17.3 Å². The van der Waals surface area contributed by atoms with E-state index in [4.69, 9.17) is 4.98 Å². The normalized spacial score (nSPS) is 18.2. The number of hydrogen-bond donors (Lipinski definition) is 0. The van der Waals surface area contributed by atoms with Gasteiger partial charge in [-0.15, -0.1) is 0 Å². The van der Waals surface area contributed by atoms with Gasteiger partial charge >= 0.3 is 0 Å². The summed E-state index contributed by atoms with van der Waals surface area (Å²) in [7, 11) is 0. The van der Waals surface area contributed by atoms with Gasteiger partial charge in [0.2, 0.25) is 0 Å². The zero-order chi connectivity index (χ0) is 13.8. The van der Waals surface area contributed by atoms with Crippen molar-refractivity contribution in [2.45, 2.75) is 71.1 Å². The summed E-state index contributed by atoms with van der Waals surface area (Å²) >= 11 is 0. The molecule has 0 atom stereocenters. The first-order valence-corrected chi connectivity index (χ1v) is 8.31. The van der Waals surface area contributed by atoms with Crippen LogP contribution in [-0.2, 0) is 12.8 Å². The molecule has 1 aliphatic rings. The summed E-state index contributed by atoms with van der Waals surface area (Å²) in [6.07, 6.45) is 15.6. The Bertz CT molecular complexity index is 568. The third kappa shape index (κ3) is 3.05. The molecule has 1 aliphatic carbocycles. The van der Waals surface area contributed by atoms with Crippen molar-refractivity contribution in [1.82, 2.24) is 9.38 Å². The third-order valence-electron chi connectivity index (χ3n) is 4.53. The molecule has 0 fully saturated rings. The molecule has 20 heavy (non-hydrogen) atoms. The number of aryl methyl sites for hydroxylation is 3. The van der Waals surface area contributed by atoms with Crippen molar-refractivity contribution < 1.29 is 0 Å². The van der Waals surface area contributed by atoms with Crippen molar-refractivity contribution in [3.05, 3.63) is 35.3 Å². The first-order valence-electron chi connectivity index (χ1n) is 8.31. The van der Waals surface area contributed by atoms with Gasteiger partial charge in [0.15, 0.2) is 0 Å². The first kappa shape index (κ1) is 13.7. The van der Waals surface area contributed by atoms with Gasteiger partial charge in [-0.25, -0.2) is 4.98 Å². The van der Waals surface area contributed by atoms with Crippen molar-refractivity contribution in [3.63, 3.8) is 0 Å². The summed E-state index contributed by atoms with van der Waals surface area (Å²) in [4.78, 5) is 4.89. The standard InChI is InChI=1S/C18H26N2/c1-15-12-13-18-19-16-10-8-6-4-2-3-5-7-9-11-17(16)20(18)14-15/h12-14H,2-11H2,1H3. The number of nitrogens with zero attached hydrogens (tertiary/aromatic N) is 2. The Balaban J connectivity index is 1.91. The summed E-state index contributed by atoms with van der Waals surface area (Å²) in [6.45, 7) is 2.17. The molecule has 0 radical (unpaired) electrons. The molecule has 2 aromatic rings. The van der Waals surface area contributed by atoms with E-state index < -0.39 is 0 Å². The Hall–Kier alpha value is -1.31. The second kappa shape index (κ2) is 6.43. The molecule has 2 nitrogen and oxygen atoms in total. The van der Waals surface area contributed by atoms with Crippen molar-refractivity contribution in [2.24, 2.45) is 0 Å². The van der Waals surface area contributed by atoms with E-state index in [0.29, 0.717) is 0 Å². The lowest BCUT2D eigenvalue weighted by molar-refractivity contribution is 0.555. The average Bonchev–Trinajstić information content (AvgIpc) is 2.76. The quantitative estimate of drug-likeness (QED) is 0.668. The number of rotatable bonds is 0. The van der Waals surface area contributed by atoms with Gasteiger partial charge in [-0.05, 0) is 44.2 Å². The molecule has 0 unspecified atom stereocenters. The molecule has 2 heteroatoms. The molecule has 0 saturated heterocycles. The van der Waals surface area contributed by atoms with Gasteiger partial charge in [-0.3, -0.25) is 0 Å². The summed E-state index contributed by atoms with van der Waals surface area (Å²) in [6, 6.07) is 4.34. The largest absolute Gasteiger partial charge is 0.304 e. The molecule has 0 bridgehead atoms. The van der Waals surface area contributed by atoms with E-state index in [2.05, 4.69) is 29.7 Å². The summed E-state index contributed by atoms with van der Waals surface area (Å²) in [5.74, 6) is 0. The van der Waals surface area contributed by atoms with E-state index in [1.165, 1.54) is 74.7 Å². The van der Waals surface area contributed by atoms with Gasteiger partial charge in [-0.1, -0.05) is 44.6 Å². The predicted molar refractivity (Wildman–Crippen MR) is 84.3 cm³/mol. The monoisotopic (exact) mass is 270 g/mol. The van der Waals surface area contributed by atoms with Gasteiger partial charge in [0, 0.05) is 11.9 Å². The number of pyridine rings is 1. The Labute approximate surface area is 122 Å². The van der Waals surface area contributed by atoms with Gasteiger partial charge < -0.3 is 4.40 Å². The highest BCUT2D eigenvalue weighted by Crippen LogP contribution is 2.21. The smallest absolute Gasteiger partial charge is 0.137 e. The lowest BCUT2D eigenvalue weighted by atomic mass is 10.0. The Kier molecular flexibility index (Phi) is 4.39. The van der Waals surface area contributed by atoms with E-state index in [0.717, 1.165) is 12.1 Å². The molecule has 3 rings (SSSR count). The lowest BCUT2D eigenvalue weighted by Gasteiger charge is -2.08. The molecule has 108 valence electrons. The molecule has 2 heterocycles. The third-order valence-corrected chi connectivity index (χ3v) is 4.53. The lowest BCUT2D eigenvalue weighted by Crippen LogP contribution is -1.99. The summed E-state index contributed by atoms with van der Waals surface area (Å²) in [5, 5.41) is 0. The van der Waals surface area contributed by atoms with Crippen LogP contribution in [0.1, 0.15) is 68.3 Å². The average molecular weight is 270 g/mol. The molecule has 0 N–H and O–H groups in total. The van der Waals surface area contributed by atoms with Gasteiger partial charge in [-0.2, -0.15) is 0 Å². The highest BCUT2D eigenvalue weighted by molar-refractivity contribution is 5.44. The van der Waals surface area contributed by atoms with E-state index in [9.17, 15) is 0 Å². The SMILES string of the molecule is Cc1ccc2nc3c(n2c1)CCCCCCCCCC3. The summed E-state index contributed by atoms with van der Waals surface area (Å²) < 4.78 is 2.34. The number of fused-ring (bicyclic) bond motifs is 3. The molecule has 0 amide bonds. The van der Waals surface area contributed by atoms with Crippen LogP contribution in [0.4, 0.5) is 0 Å². The zero-order valence-electron chi connectivity index (χ0n) is 12.7. The summed E-state index contributed by atoms with van der Waals surface area (Å²) in [5.41, 5.74) is 5.29. The molecular formula is C18H26N2. The molecule has 0 aliphatic heterocycles. The molecule has 0 aromatic carbocycles. The maximum atomic E-state index is 4.89. The van der Waals surface area contributed by atoms with Crippen molar-refractivity contribution >= 4 is 5.65 Å². The Morgan fingerprint density at radius 1 is 0.850 bits per heavy atom. The van der Waals surface area contributed by atoms with Crippen LogP contribution in [0.3, 0.4) is 0 Å². The second-order valence-electron chi connectivity index (χ2n) is 6.27. The first-order chi connectivity index (χ1) is 9.84. The minimum atomic E-state index is 1.13. The number of imidazole rings is 1. The van der Waals surface area contributed by atoms with E-state index >= 15 is 0 Å². The molecule has 0 spiro atoms. The van der Waals surface area contributed by atoms with Crippen LogP contribution < -0.4 is 0 Å². The van der Waals surface area contributed by atoms with E-state index in [1.807, 2.05) is 0 Å². The van der Waals surface area contributed by atoms with Crippen LogP contribution in [0.15, 0.2) is 18.3 Å². The van der Waals surface area contributed by atoms with Crippen molar-refractivity contribution in [1.29, 1.82) is 0 Å². The van der Waals surface area contributed by atoms with Crippen LogP contribution >= 0.6 is 0 Å². The molecular weight excluding hydrogens is 244 g/mol. The van der Waals surface area contributed by atoms with E-state index in [1.54, 1.807) is 0 Å². The maximum absolute atomic E-state index is 4.89. The fraction of sp³-hybridized carbons (Fsp3) is 0.611. The fourth-order valence-corrected chi connectivity index (χ4v) is 3.36. The van der Waals surface area contributed by atoms with Gasteiger partial charge in [0.25, 0.3) is 0 Å². The maximum Gasteiger partial charge on any atom is 0.137 e.